The number of ketones is 1. The van der Waals surface area contributed by atoms with Gasteiger partial charge in [-0.25, -0.2) is 0 Å². The Labute approximate surface area is 188 Å². The third-order valence-corrected chi connectivity index (χ3v) is 6.45. The van der Waals surface area contributed by atoms with Crippen LogP contribution < -0.4 is 9.64 Å². The molecule has 4 aromatic rings. The molecule has 1 aliphatic heterocycles. The first-order valence-corrected chi connectivity index (χ1v) is 11.1. The van der Waals surface area contributed by atoms with Crippen molar-refractivity contribution in [3.05, 3.63) is 88.3 Å². The minimum Gasteiger partial charge on any atom is -0.507 e. The number of aliphatic hydroxyl groups excluding tert-OH is 1. The number of carbonyl (C=O) groups excluding carboxylic acids is 2. The van der Waals surface area contributed by atoms with Gasteiger partial charge in [-0.2, -0.15) is 0 Å². The van der Waals surface area contributed by atoms with Crippen molar-refractivity contribution in [3.8, 4) is 5.75 Å². The summed E-state index contributed by atoms with van der Waals surface area (Å²) in [6, 6.07) is 17.6. The number of carbonyl (C=O) groups is 2. The van der Waals surface area contributed by atoms with Crippen molar-refractivity contribution < 1.29 is 19.4 Å². The molecule has 0 aliphatic carbocycles. The van der Waals surface area contributed by atoms with Gasteiger partial charge in [-0.15, -0.1) is 11.3 Å². The number of amides is 1. The van der Waals surface area contributed by atoms with Crippen LogP contribution >= 0.6 is 11.3 Å². The van der Waals surface area contributed by atoms with Crippen molar-refractivity contribution in [2.75, 3.05) is 11.5 Å². The lowest BCUT2D eigenvalue weighted by Crippen LogP contribution is -2.29. The van der Waals surface area contributed by atoms with Crippen LogP contribution in [0.1, 0.15) is 23.4 Å². The van der Waals surface area contributed by atoms with Gasteiger partial charge in [0.1, 0.15) is 17.6 Å². The molecule has 7 heteroatoms. The van der Waals surface area contributed by atoms with Gasteiger partial charge in [0.05, 0.1) is 12.2 Å². The number of nitrogens with one attached hydrogen (secondary N) is 1. The fraction of sp³-hybridized carbons (Fsp3) is 0.120. The predicted octanol–water partition coefficient (Wildman–Crippen LogP) is 5.25. The highest BCUT2D eigenvalue weighted by Gasteiger charge is 2.47. The Morgan fingerprint density at radius 1 is 1.09 bits per heavy atom. The second-order valence-electron chi connectivity index (χ2n) is 7.36. The summed E-state index contributed by atoms with van der Waals surface area (Å²) in [7, 11) is 0. The van der Waals surface area contributed by atoms with Crippen LogP contribution in [0.5, 0.6) is 5.75 Å². The van der Waals surface area contributed by atoms with Gasteiger partial charge >= 0.3 is 0 Å². The summed E-state index contributed by atoms with van der Waals surface area (Å²) < 4.78 is 5.50. The maximum Gasteiger partial charge on any atom is 0.300 e. The van der Waals surface area contributed by atoms with Crippen molar-refractivity contribution in [2.45, 2.75) is 13.0 Å². The first-order chi connectivity index (χ1) is 15.6. The zero-order chi connectivity index (χ0) is 22.2. The number of rotatable bonds is 5. The molecular weight excluding hydrogens is 424 g/mol. The Balaban J connectivity index is 1.68. The van der Waals surface area contributed by atoms with Crippen LogP contribution in [0.3, 0.4) is 0 Å². The molecule has 0 saturated carbocycles. The van der Waals surface area contributed by atoms with E-state index >= 15 is 0 Å². The number of hydrogen-bond acceptors (Lipinski definition) is 5. The van der Waals surface area contributed by atoms with Gasteiger partial charge in [0.25, 0.3) is 11.7 Å². The topological polar surface area (TPSA) is 82.6 Å². The zero-order valence-electron chi connectivity index (χ0n) is 17.2. The zero-order valence-corrected chi connectivity index (χ0v) is 18.1. The maximum absolute atomic E-state index is 13.2. The van der Waals surface area contributed by atoms with Gasteiger partial charge < -0.3 is 14.8 Å². The second kappa shape index (κ2) is 8.01. The van der Waals surface area contributed by atoms with Crippen molar-refractivity contribution in [2.24, 2.45) is 0 Å². The molecular formula is C25H20N2O4S. The molecule has 1 saturated heterocycles. The third kappa shape index (κ3) is 3.18. The fourth-order valence-electron chi connectivity index (χ4n) is 4.10. The molecule has 1 amide bonds. The maximum atomic E-state index is 13.2. The van der Waals surface area contributed by atoms with Crippen molar-refractivity contribution in [1.29, 1.82) is 0 Å². The van der Waals surface area contributed by atoms with E-state index in [4.69, 9.17) is 4.74 Å². The summed E-state index contributed by atoms with van der Waals surface area (Å²) in [6.07, 6.45) is 1.66. The van der Waals surface area contributed by atoms with E-state index < -0.39 is 17.7 Å². The van der Waals surface area contributed by atoms with Crippen molar-refractivity contribution in [1.82, 2.24) is 4.98 Å². The lowest BCUT2D eigenvalue weighted by atomic mass is 9.99. The van der Waals surface area contributed by atoms with Crippen LogP contribution in [0.2, 0.25) is 0 Å². The molecule has 160 valence electrons. The highest BCUT2D eigenvalue weighted by molar-refractivity contribution is 7.10. The van der Waals surface area contributed by atoms with E-state index in [9.17, 15) is 14.7 Å². The third-order valence-electron chi connectivity index (χ3n) is 5.53. The Hall–Kier alpha value is -3.84. The van der Waals surface area contributed by atoms with Gasteiger partial charge in [-0.05, 0) is 48.7 Å². The monoisotopic (exact) mass is 444 g/mol. The van der Waals surface area contributed by atoms with Gasteiger partial charge in [-0.1, -0.05) is 24.3 Å². The molecule has 0 bridgehead atoms. The van der Waals surface area contributed by atoms with Crippen LogP contribution in [0, 0.1) is 0 Å². The number of nitrogens with zero attached hydrogens (tertiary/aromatic N) is 1. The van der Waals surface area contributed by atoms with Gasteiger partial charge in [0.15, 0.2) is 0 Å². The summed E-state index contributed by atoms with van der Waals surface area (Å²) in [6.45, 7) is 2.43. The minimum absolute atomic E-state index is 0.0797. The number of thiophene rings is 1. The molecule has 2 aromatic carbocycles. The van der Waals surface area contributed by atoms with E-state index in [1.54, 1.807) is 30.5 Å². The summed E-state index contributed by atoms with van der Waals surface area (Å²) in [5.41, 5.74) is 1.97. The standard InChI is InChI=1S/C25H20N2O4S/c1-2-31-16-11-9-15(10-12-16)27-22(20-8-5-13-32-20)21(24(29)25(27)30)23(28)18-14-26-19-7-4-3-6-17(18)19/h3-14,22,26,28H,2H2,1H3/b23-21-. The molecule has 5 rings (SSSR count). The average Bonchev–Trinajstić information content (AvgIpc) is 3.54. The molecule has 1 unspecified atom stereocenters. The summed E-state index contributed by atoms with van der Waals surface area (Å²) in [4.78, 5) is 31.7. The number of para-hydroxylation sites is 1. The van der Waals surface area contributed by atoms with E-state index in [0.717, 1.165) is 15.8 Å². The van der Waals surface area contributed by atoms with Crippen LogP contribution in [0.15, 0.2) is 77.8 Å². The molecule has 0 spiro atoms. The summed E-state index contributed by atoms with van der Waals surface area (Å²) in [5, 5.41) is 14.0. The van der Waals surface area contributed by atoms with E-state index in [2.05, 4.69) is 4.98 Å². The fourth-order valence-corrected chi connectivity index (χ4v) is 4.92. The number of Topliss-reactive ketones (excluding diaryl/α,β-unsaturated/α-hetero) is 1. The number of anilines is 1. The first kappa shape index (κ1) is 20.1. The molecule has 3 heterocycles. The van der Waals surface area contributed by atoms with Crippen LogP contribution in [0.25, 0.3) is 16.7 Å². The lowest BCUT2D eigenvalue weighted by molar-refractivity contribution is -0.132. The predicted molar refractivity (Wildman–Crippen MR) is 125 cm³/mol. The quantitative estimate of drug-likeness (QED) is 0.250. The van der Waals surface area contributed by atoms with Gasteiger partial charge in [-0.3, -0.25) is 14.5 Å². The lowest BCUT2D eigenvalue weighted by Gasteiger charge is -2.24. The molecule has 6 nitrogen and oxygen atoms in total. The SMILES string of the molecule is CCOc1ccc(N2C(=O)C(=O)/C(=C(\O)c3c[nH]c4ccccc34)C2c2cccs2)cc1. The highest BCUT2D eigenvalue weighted by Crippen LogP contribution is 2.44. The Kier molecular flexibility index (Phi) is 5.03. The van der Waals surface area contributed by atoms with Crippen LogP contribution in [-0.2, 0) is 9.59 Å². The second-order valence-corrected chi connectivity index (χ2v) is 8.34. The smallest absolute Gasteiger partial charge is 0.300 e. The number of fused-ring (bicyclic) bond motifs is 1. The van der Waals surface area contributed by atoms with Gasteiger partial charge in [0, 0.05) is 33.2 Å². The molecule has 1 aliphatic rings. The van der Waals surface area contributed by atoms with Gasteiger partial charge in [0.2, 0.25) is 0 Å². The summed E-state index contributed by atoms with van der Waals surface area (Å²) in [5.74, 6) is -0.888. The molecule has 1 fully saturated rings. The number of hydrogen-bond donors (Lipinski definition) is 2. The van der Waals surface area contributed by atoms with Crippen LogP contribution in [0.4, 0.5) is 5.69 Å². The van der Waals surface area contributed by atoms with Crippen molar-refractivity contribution in [3.63, 3.8) is 0 Å². The Bertz CT molecular complexity index is 1340. The molecule has 2 aromatic heterocycles. The van der Waals surface area contributed by atoms with Crippen molar-refractivity contribution >= 4 is 45.4 Å². The van der Waals surface area contributed by atoms with E-state index in [-0.39, 0.29) is 11.3 Å². The van der Waals surface area contributed by atoms with E-state index in [1.807, 2.05) is 48.7 Å². The average molecular weight is 445 g/mol. The largest absolute Gasteiger partial charge is 0.507 e. The number of aromatic nitrogens is 1. The Morgan fingerprint density at radius 2 is 1.88 bits per heavy atom. The summed E-state index contributed by atoms with van der Waals surface area (Å²) >= 11 is 1.43. The highest BCUT2D eigenvalue weighted by atomic mass is 32.1. The normalized spacial score (nSPS) is 17.9. The molecule has 1 atom stereocenters. The number of aliphatic hydroxyl groups is 1. The molecule has 2 N–H and O–H groups in total. The first-order valence-electron chi connectivity index (χ1n) is 10.2. The van der Waals surface area contributed by atoms with Crippen LogP contribution in [-0.4, -0.2) is 28.4 Å². The number of ether oxygens (including phenoxy) is 1. The minimum atomic E-state index is -0.721. The van der Waals surface area contributed by atoms with E-state index in [0.29, 0.717) is 23.6 Å². The number of aromatic amines is 1. The van der Waals surface area contributed by atoms with E-state index in [1.165, 1.54) is 16.2 Å². The Morgan fingerprint density at radius 3 is 2.59 bits per heavy atom. The molecule has 0 radical (unpaired) electrons. The number of H-pyrrole nitrogens is 1. The molecule has 32 heavy (non-hydrogen) atoms. The number of benzene rings is 2.